The second kappa shape index (κ2) is 4.23. The number of carboxylic acids is 1. The predicted octanol–water partition coefficient (Wildman–Crippen LogP) is 2.57. The Bertz CT molecular complexity index is 581. The smallest absolute Gasteiger partial charge is 0.307 e. The number of hydrogen-bond donors (Lipinski definition) is 1. The van der Waals surface area contributed by atoms with Gasteiger partial charge in [-0.05, 0) is 25.5 Å². The minimum atomic E-state index is -0.900. The first-order valence-electron chi connectivity index (χ1n) is 6.23. The molecule has 100 valence electrons. The third-order valence-electron chi connectivity index (χ3n) is 3.68. The van der Waals surface area contributed by atoms with Gasteiger partial charge >= 0.3 is 5.97 Å². The average Bonchev–Trinajstić information content (AvgIpc) is 3.05. The molecule has 1 aromatic carbocycles. The lowest BCUT2D eigenvalue weighted by Gasteiger charge is -2.06. The normalized spacial score (nSPS) is 27.6. The molecule has 1 heterocycles. The molecule has 1 saturated carbocycles. The molecule has 0 aromatic heterocycles. The molecule has 2 unspecified atom stereocenters. The maximum atomic E-state index is 12.2. The molecule has 3 atom stereocenters. The number of rotatable bonds is 3. The topological polar surface area (TPSA) is 63.6 Å². The Morgan fingerprint density at radius 1 is 1.37 bits per heavy atom. The van der Waals surface area contributed by atoms with Crippen molar-refractivity contribution in [3.63, 3.8) is 0 Å². The number of carbonyl (C=O) groups excluding carboxylic acids is 1. The van der Waals surface area contributed by atoms with E-state index in [1.165, 1.54) is 0 Å². The van der Waals surface area contributed by atoms with E-state index in [-0.39, 0.29) is 11.9 Å². The Balaban J connectivity index is 1.87. The van der Waals surface area contributed by atoms with Gasteiger partial charge in [-0.3, -0.25) is 9.59 Å². The molecular weight excluding hydrogens is 268 g/mol. The van der Waals surface area contributed by atoms with Crippen molar-refractivity contribution in [1.29, 1.82) is 0 Å². The van der Waals surface area contributed by atoms with Crippen molar-refractivity contribution in [2.75, 3.05) is 0 Å². The maximum absolute atomic E-state index is 12.2. The highest BCUT2D eigenvalue weighted by molar-refractivity contribution is 6.32. The summed E-state index contributed by atoms with van der Waals surface area (Å²) in [5.41, 5.74) is 1.42. The number of aliphatic carboxylic acids is 1. The number of ketones is 1. The summed E-state index contributed by atoms with van der Waals surface area (Å²) < 4.78 is 5.57. The molecular formula is C14H13ClO4. The van der Waals surface area contributed by atoms with Crippen molar-refractivity contribution in [2.24, 2.45) is 11.8 Å². The number of ether oxygens (including phenoxy) is 1. The Labute approximate surface area is 115 Å². The van der Waals surface area contributed by atoms with Gasteiger partial charge in [0, 0.05) is 23.5 Å². The Kier molecular flexibility index (Phi) is 2.78. The van der Waals surface area contributed by atoms with E-state index in [1.54, 1.807) is 12.1 Å². The maximum Gasteiger partial charge on any atom is 0.307 e. The fraction of sp³-hybridized carbons (Fsp3) is 0.429. The number of fused-ring (bicyclic) bond motifs is 1. The van der Waals surface area contributed by atoms with E-state index in [1.807, 2.05) is 6.92 Å². The van der Waals surface area contributed by atoms with E-state index < -0.39 is 17.8 Å². The Morgan fingerprint density at radius 2 is 2.11 bits per heavy atom. The van der Waals surface area contributed by atoms with Gasteiger partial charge in [-0.2, -0.15) is 0 Å². The van der Waals surface area contributed by atoms with Gasteiger partial charge in [0.25, 0.3) is 0 Å². The molecule has 0 spiro atoms. The SMILES string of the molecule is CC1Cc2cc(C(=O)[C@H]3CC3C(=O)O)cc(Cl)c2O1. The Hall–Kier alpha value is -1.55. The summed E-state index contributed by atoms with van der Waals surface area (Å²) in [7, 11) is 0. The van der Waals surface area contributed by atoms with Crippen molar-refractivity contribution in [2.45, 2.75) is 25.9 Å². The van der Waals surface area contributed by atoms with E-state index in [0.29, 0.717) is 22.8 Å². The zero-order valence-corrected chi connectivity index (χ0v) is 11.1. The summed E-state index contributed by atoms with van der Waals surface area (Å²) in [6, 6.07) is 3.36. The molecule has 4 nitrogen and oxygen atoms in total. The lowest BCUT2D eigenvalue weighted by Crippen LogP contribution is -2.08. The fourth-order valence-electron chi connectivity index (χ4n) is 2.60. The molecule has 1 aliphatic heterocycles. The first-order valence-corrected chi connectivity index (χ1v) is 6.61. The number of carboxylic acid groups (broad SMARTS) is 1. The van der Waals surface area contributed by atoms with E-state index in [2.05, 4.69) is 0 Å². The molecule has 5 heteroatoms. The zero-order valence-electron chi connectivity index (χ0n) is 10.4. The highest BCUT2D eigenvalue weighted by Gasteiger charge is 2.48. The third kappa shape index (κ3) is 2.10. The van der Waals surface area contributed by atoms with Crippen molar-refractivity contribution >= 4 is 23.4 Å². The summed E-state index contributed by atoms with van der Waals surface area (Å²) in [6.07, 6.45) is 1.21. The van der Waals surface area contributed by atoms with Crippen LogP contribution in [0.2, 0.25) is 5.02 Å². The third-order valence-corrected chi connectivity index (χ3v) is 3.96. The van der Waals surface area contributed by atoms with Crippen LogP contribution in [0.15, 0.2) is 12.1 Å². The summed E-state index contributed by atoms with van der Waals surface area (Å²) >= 11 is 6.11. The quantitative estimate of drug-likeness (QED) is 0.864. The van der Waals surface area contributed by atoms with Crippen LogP contribution < -0.4 is 4.74 Å². The van der Waals surface area contributed by atoms with Crippen LogP contribution in [0.25, 0.3) is 0 Å². The van der Waals surface area contributed by atoms with Gasteiger partial charge in [-0.1, -0.05) is 11.6 Å². The second-order valence-corrected chi connectivity index (χ2v) is 5.64. The largest absolute Gasteiger partial charge is 0.489 e. The number of carbonyl (C=O) groups is 2. The van der Waals surface area contributed by atoms with Crippen LogP contribution in [0.4, 0.5) is 0 Å². The molecule has 1 N–H and O–H groups in total. The number of Topliss-reactive ketones (excluding diaryl/α,β-unsaturated/α-hetero) is 1. The van der Waals surface area contributed by atoms with E-state index in [9.17, 15) is 9.59 Å². The van der Waals surface area contributed by atoms with Crippen molar-refractivity contribution in [3.8, 4) is 5.75 Å². The van der Waals surface area contributed by atoms with E-state index >= 15 is 0 Å². The molecule has 0 bridgehead atoms. The highest BCUT2D eigenvalue weighted by atomic mass is 35.5. The minimum absolute atomic E-state index is 0.0607. The van der Waals surface area contributed by atoms with E-state index in [4.69, 9.17) is 21.4 Å². The number of hydrogen-bond acceptors (Lipinski definition) is 3. The molecule has 2 aliphatic rings. The minimum Gasteiger partial charge on any atom is -0.489 e. The summed E-state index contributed by atoms with van der Waals surface area (Å²) in [6.45, 7) is 1.94. The summed E-state index contributed by atoms with van der Waals surface area (Å²) in [5.74, 6) is -1.31. The van der Waals surface area contributed by atoms with Crippen LogP contribution in [0, 0.1) is 11.8 Å². The lowest BCUT2D eigenvalue weighted by atomic mass is 10.0. The molecule has 0 radical (unpaired) electrons. The van der Waals surface area contributed by atoms with Crippen molar-refractivity contribution in [1.82, 2.24) is 0 Å². The standard InChI is InChI=1S/C14H13ClO4/c1-6-2-8-3-7(4-11(15)13(8)19-6)12(16)9-5-10(9)14(17)18/h3-4,6,9-10H,2,5H2,1H3,(H,17,18)/t6?,9-,10?/m0/s1. The monoisotopic (exact) mass is 280 g/mol. The van der Waals surface area contributed by atoms with Crippen LogP contribution in [0.1, 0.15) is 29.3 Å². The average molecular weight is 281 g/mol. The van der Waals surface area contributed by atoms with E-state index in [0.717, 1.165) is 12.0 Å². The molecule has 1 aromatic rings. The van der Waals surface area contributed by atoms with Gasteiger partial charge in [-0.25, -0.2) is 0 Å². The predicted molar refractivity (Wildman–Crippen MR) is 68.8 cm³/mol. The molecule has 1 fully saturated rings. The summed E-state index contributed by atoms with van der Waals surface area (Å²) in [5, 5.41) is 9.29. The van der Waals surface area contributed by atoms with Crippen LogP contribution in [0.3, 0.4) is 0 Å². The summed E-state index contributed by atoms with van der Waals surface area (Å²) in [4.78, 5) is 23.0. The van der Waals surface area contributed by atoms with Gasteiger partial charge in [-0.15, -0.1) is 0 Å². The number of benzene rings is 1. The Morgan fingerprint density at radius 3 is 2.74 bits per heavy atom. The first-order chi connectivity index (χ1) is 8.97. The van der Waals surface area contributed by atoms with Crippen molar-refractivity contribution < 1.29 is 19.4 Å². The van der Waals surface area contributed by atoms with Gasteiger partial charge in [0.15, 0.2) is 5.78 Å². The van der Waals surface area contributed by atoms with Crippen molar-refractivity contribution in [3.05, 3.63) is 28.3 Å². The molecule has 1 aliphatic carbocycles. The zero-order chi connectivity index (χ0) is 13.7. The van der Waals surface area contributed by atoms with Crippen LogP contribution in [0.5, 0.6) is 5.75 Å². The second-order valence-electron chi connectivity index (χ2n) is 5.23. The molecule has 3 rings (SSSR count). The van der Waals surface area contributed by atoms with Gasteiger partial charge in [0.2, 0.25) is 0 Å². The van der Waals surface area contributed by atoms with Gasteiger partial charge in [0.1, 0.15) is 11.9 Å². The van der Waals surface area contributed by atoms with Gasteiger partial charge < -0.3 is 9.84 Å². The number of halogens is 1. The highest BCUT2D eigenvalue weighted by Crippen LogP contribution is 2.43. The molecule has 0 saturated heterocycles. The van der Waals surface area contributed by atoms with Crippen LogP contribution in [-0.4, -0.2) is 23.0 Å². The first kappa shape index (κ1) is 12.5. The van der Waals surface area contributed by atoms with Crippen LogP contribution >= 0.6 is 11.6 Å². The molecule has 0 amide bonds. The fourth-order valence-corrected chi connectivity index (χ4v) is 2.88. The lowest BCUT2D eigenvalue weighted by molar-refractivity contribution is -0.138. The van der Waals surface area contributed by atoms with Crippen LogP contribution in [-0.2, 0) is 11.2 Å². The molecule has 19 heavy (non-hydrogen) atoms. The van der Waals surface area contributed by atoms with Gasteiger partial charge in [0.05, 0.1) is 10.9 Å².